The van der Waals surface area contributed by atoms with Gasteiger partial charge in [0.25, 0.3) is 6.47 Å². The maximum Gasteiger partial charge on any atom is 0.290 e. The Kier molecular flexibility index (Phi) is 10.9. The van der Waals surface area contributed by atoms with Crippen LogP contribution in [-0.4, -0.2) is 83.2 Å². The van der Waals surface area contributed by atoms with Crippen molar-refractivity contribution in [1.82, 2.24) is 25.5 Å². The summed E-state index contributed by atoms with van der Waals surface area (Å²) in [5, 5.41) is 13.0. The SMILES string of the molecule is CC(=O)N[C@H]1CC[C@@H](C(=O)NCCc2cnccn2)CN(C2CCOCC2)C1.O=CO. The molecule has 0 radical (unpaired) electrons. The number of hydrogen-bond acceptors (Lipinski definition) is 7. The summed E-state index contributed by atoms with van der Waals surface area (Å²) in [5.74, 6) is 0.0108. The Labute approximate surface area is 182 Å². The predicted molar refractivity (Wildman–Crippen MR) is 113 cm³/mol. The second-order valence-electron chi connectivity index (χ2n) is 7.81. The fourth-order valence-electron chi connectivity index (χ4n) is 4.11. The van der Waals surface area contributed by atoms with Gasteiger partial charge in [-0.3, -0.25) is 29.3 Å². The second-order valence-corrected chi connectivity index (χ2v) is 7.81. The lowest BCUT2D eigenvalue weighted by atomic mass is 10.00. The van der Waals surface area contributed by atoms with Crippen LogP contribution in [-0.2, 0) is 25.5 Å². The Hall–Kier alpha value is -2.59. The van der Waals surface area contributed by atoms with Crippen LogP contribution in [0.2, 0.25) is 0 Å². The smallest absolute Gasteiger partial charge is 0.290 e. The molecule has 0 unspecified atom stereocenters. The summed E-state index contributed by atoms with van der Waals surface area (Å²) in [6, 6.07) is 0.510. The van der Waals surface area contributed by atoms with Gasteiger partial charge in [-0.2, -0.15) is 0 Å². The van der Waals surface area contributed by atoms with E-state index in [1.165, 1.54) is 0 Å². The molecule has 0 spiro atoms. The van der Waals surface area contributed by atoms with E-state index in [1.54, 1.807) is 25.5 Å². The quantitative estimate of drug-likeness (QED) is 0.541. The first-order valence-corrected chi connectivity index (χ1v) is 10.7. The average molecular weight is 436 g/mol. The number of carbonyl (C=O) groups is 3. The Morgan fingerprint density at radius 2 is 1.97 bits per heavy atom. The Balaban J connectivity index is 0.00000107. The number of nitrogens with one attached hydrogen (secondary N) is 2. The van der Waals surface area contributed by atoms with Crippen LogP contribution >= 0.6 is 0 Å². The Morgan fingerprint density at radius 1 is 1.23 bits per heavy atom. The molecule has 3 heterocycles. The molecule has 1 aromatic rings. The van der Waals surface area contributed by atoms with Crippen LogP contribution in [0.15, 0.2) is 18.6 Å². The number of aromatic nitrogens is 2. The Bertz CT molecular complexity index is 684. The largest absolute Gasteiger partial charge is 0.483 e. The number of hydrogen-bond donors (Lipinski definition) is 3. The van der Waals surface area contributed by atoms with Gasteiger partial charge in [-0.1, -0.05) is 0 Å². The van der Waals surface area contributed by atoms with Gasteiger partial charge in [-0.05, 0) is 25.7 Å². The van der Waals surface area contributed by atoms with E-state index in [0.29, 0.717) is 19.0 Å². The summed E-state index contributed by atoms with van der Waals surface area (Å²) < 4.78 is 5.50. The molecule has 3 rings (SSSR count). The minimum atomic E-state index is -0.250. The molecule has 172 valence electrons. The molecule has 2 amide bonds. The van der Waals surface area contributed by atoms with Gasteiger partial charge in [0.05, 0.1) is 11.6 Å². The van der Waals surface area contributed by atoms with Gasteiger partial charge in [0.2, 0.25) is 11.8 Å². The number of amides is 2. The molecule has 31 heavy (non-hydrogen) atoms. The number of likely N-dealkylation sites (tertiary alicyclic amines) is 1. The summed E-state index contributed by atoms with van der Waals surface area (Å²) in [5.41, 5.74) is 0.873. The van der Waals surface area contributed by atoms with Crippen LogP contribution < -0.4 is 10.6 Å². The van der Waals surface area contributed by atoms with E-state index in [1.807, 2.05) is 0 Å². The van der Waals surface area contributed by atoms with Gasteiger partial charge in [-0.15, -0.1) is 0 Å². The molecular weight excluding hydrogens is 402 g/mol. The molecule has 2 saturated heterocycles. The van der Waals surface area contributed by atoms with Gasteiger partial charge in [0.15, 0.2) is 0 Å². The topological polar surface area (TPSA) is 134 Å². The van der Waals surface area contributed by atoms with E-state index in [-0.39, 0.29) is 30.2 Å². The van der Waals surface area contributed by atoms with Gasteiger partial charge in [-0.25, -0.2) is 0 Å². The number of ether oxygens (including phenoxy) is 1. The molecule has 0 bridgehead atoms. The van der Waals surface area contributed by atoms with Crippen LogP contribution in [0.3, 0.4) is 0 Å². The summed E-state index contributed by atoms with van der Waals surface area (Å²) in [6.45, 7) is 4.92. The van der Waals surface area contributed by atoms with Crippen molar-refractivity contribution in [3.05, 3.63) is 24.3 Å². The van der Waals surface area contributed by atoms with Crippen molar-refractivity contribution in [3.63, 3.8) is 0 Å². The number of rotatable bonds is 6. The number of carbonyl (C=O) groups excluding carboxylic acids is 2. The van der Waals surface area contributed by atoms with Crippen LogP contribution in [0.25, 0.3) is 0 Å². The molecule has 2 fully saturated rings. The lowest BCUT2D eigenvalue weighted by molar-refractivity contribution is -0.126. The van der Waals surface area contributed by atoms with Gasteiger partial charge < -0.3 is 20.5 Å². The molecule has 0 saturated carbocycles. The van der Waals surface area contributed by atoms with Crippen molar-refractivity contribution in [3.8, 4) is 0 Å². The lowest BCUT2D eigenvalue weighted by Gasteiger charge is -2.36. The molecular formula is C21H33N5O5. The molecule has 10 nitrogen and oxygen atoms in total. The van der Waals surface area contributed by atoms with E-state index in [4.69, 9.17) is 14.6 Å². The van der Waals surface area contributed by atoms with Crippen LogP contribution in [0.4, 0.5) is 0 Å². The van der Waals surface area contributed by atoms with Crippen LogP contribution in [0.5, 0.6) is 0 Å². The zero-order valence-corrected chi connectivity index (χ0v) is 18.0. The summed E-state index contributed by atoms with van der Waals surface area (Å²) in [6.07, 6.45) is 9.26. The first-order chi connectivity index (χ1) is 15.0. The lowest BCUT2D eigenvalue weighted by Crippen LogP contribution is -2.48. The third-order valence-electron chi connectivity index (χ3n) is 5.56. The van der Waals surface area contributed by atoms with E-state index in [2.05, 4.69) is 25.5 Å². The van der Waals surface area contributed by atoms with E-state index in [9.17, 15) is 9.59 Å². The minimum absolute atomic E-state index is 0.0104. The first-order valence-electron chi connectivity index (χ1n) is 10.7. The molecule has 0 aromatic carbocycles. The molecule has 2 atom stereocenters. The Morgan fingerprint density at radius 3 is 2.61 bits per heavy atom. The first kappa shape index (κ1) is 24.7. The van der Waals surface area contributed by atoms with Crippen molar-refractivity contribution in [2.45, 2.75) is 51.1 Å². The highest BCUT2D eigenvalue weighted by Gasteiger charge is 2.32. The third-order valence-corrected chi connectivity index (χ3v) is 5.56. The highest BCUT2D eigenvalue weighted by atomic mass is 16.5. The highest BCUT2D eigenvalue weighted by molar-refractivity contribution is 5.79. The fraction of sp³-hybridized carbons (Fsp3) is 0.667. The molecule has 3 N–H and O–H groups in total. The van der Waals surface area contributed by atoms with Crippen molar-refractivity contribution < 1.29 is 24.2 Å². The highest BCUT2D eigenvalue weighted by Crippen LogP contribution is 2.23. The van der Waals surface area contributed by atoms with Gasteiger partial charge in [0.1, 0.15) is 0 Å². The molecule has 0 aliphatic carbocycles. The van der Waals surface area contributed by atoms with Crippen LogP contribution in [0.1, 0.15) is 38.3 Å². The zero-order chi connectivity index (χ0) is 22.5. The normalized spacial score (nSPS) is 22.4. The van der Waals surface area contributed by atoms with Crippen LogP contribution in [0, 0.1) is 5.92 Å². The maximum absolute atomic E-state index is 12.8. The summed E-state index contributed by atoms with van der Waals surface area (Å²) in [4.78, 5) is 43.4. The minimum Gasteiger partial charge on any atom is -0.483 e. The van der Waals surface area contributed by atoms with Gasteiger partial charge in [0, 0.05) is 76.9 Å². The van der Waals surface area contributed by atoms with Crippen molar-refractivity contribution in [1.29, 1.82) is 0 Å². The summed E-state index contributed by atoms with van der Waals surface area (Å²) in [7, 11) is 0. The molecule has 10 heteroatoms. The molecule has 2 aliphatic rings. The zero-order valence-electron chi connectivity index (χ0n) is 18.0. The van der Waals surface area contributed by atoms with Crippen molar-refractivity contribution >= 4 is 18.3 Å². The van der Waals surface area contributed by atoms with E-state index in [0.717, 1.165) is 57.7 Å². The van der Waals surface area contributed by atoms with Crippen molar-refractivity contribution in [2.75, 3.05) is 32.8 Å². The summed E-state index contributed by atoms with van der Waals surface area (Å²) >= 11 is 0. The second kappa shape index (κ2) is 13.7. The fourth-order valence-corrected chi connectivity index (χ4v) is 4.11. The maximum atomic E-state index is 12.8. The third kappa shape index (κ3) is 8.97. The molecule has 1 aromatic heterocycles. The predicted octanol–water partition coefficient (Wildman–Crippen LogP) is 0.232. The monoisotopic (exact) mass is 435 g/mol. The van der Waals surface area contributed by atoms with E-state index >= 15 is 0 Å². The standard InChI is InChI=1S/C20H31N5O3.CH2O2/c1-15(26)24-18-3-2-16(13-25(14-18)19-5-10-28-11-6-19)20(27)23-7-4-17-12-21-8-9-22-17;2-1-3/h8-9,12,16,18-19H,2-7,10-11,13-14H2,1H3,(H,23,27)(H,24,26);1H,(H,2,3)/t16-,18+;/m1./s1. The number of carboxylic acid groups (broad SMARTS) is 1. The molecule has 2 aliphatic heterocycles. The van der Waals surface area contributed by atoms with Gasteiger partial charge >= 0.3 is 0 Å². The number of nitrogens with zero attached hydrogens (tertiary/aromatic N) is 3. The van der Waals surface area contributed by atoms with Crippen molar-refractivity contribution in [2.24, 2.45) is 5.92 Å². The average Bonchev–Trinajstić information content (AvgIpc) is 2.98. The van der Waals surface area contributed by atoms with E-state index < -0.39 is 0 Å².